The second-order valence-electron chi connectivity index (χ2n) is 9.38. The van der Waals surface area contributed by atoms with Crippen LogP contribution in [0.25, 0.3) is 0 Å². The molecule has 3 heteroatoms. The Morgan fingerprint density at radius 1 is 1.26 bits per heavy atom. The van der Waals surface area contributed by atoms with Gasteiger partial charge >= 0.3 is 0 Å². The van der Waals surface area contributed by atoms with Crippen LogP contribution in [0.15, 0.2) is 11.6 Å². The Morgan fingerprint density at radius 3 is 2.74 bits per heavy atom. The van der Waals surface area contributed by atoms with E-state index in [1.807, 2.05) is 0 Å². The van der Waals surface area contributed by atoms with Gasteiger partial charge in [-0.25, -0.2) is 0 Å². The summed E-state index contributed by atoms with van der Waals surface area (Å²) in [5, 5.41) is 21.2. The van der Waals surface area contributed by atoms with Crippen LogP contribution in [-0.4, -0.2) is 29.2 Å². The maximum absolute atomic E-state index is 11.5. The summed E-state index contributed by atoms with van der Waals surface area (Å²) in [6, 6.07) is 0. The highest BCUT2D eigenvalue weighted by molar-refractivity contribution is 5.75. The monoisotopic (exact) mass is 318 g/mol. The van der Waals surface area contributed by atoms with Crippen LogP contribution in [0.1, 0.15) is 58.8 Å². The molecule has 1 unspecified atom stereocenters. The van der Waals surface area contributed by atoms with Gasteiger partial charge in [-0.15, -0.1) is 0 Å². The van der Waals surface area contributed by atoms with E-state index in [4.69, 9.17) is 0 Å². The lowest BCUT2D eigenvalue weighted by Gasteiger charge is -2.65. The van der Waals surface area contributed by atoms with Crippen LogP contribution in [0.4, 0.5) is 0 Å². The zero-order chi connectivity index (χ0) is 16.5. The summed E-state index contributed by atoms with van der Waals surface area (Å²) in [5.41, 5.74) is 0.865. The van der Waals surface area contributed by atoms with Crippen molar-refractivity contribution >= 4 is 6.29 Å². The first-order valence-corrected chi connectivity index (χ1v) is 9.36. The number of carbonyl (C=O) groups is 1. The van der Waals surface area contributed by atoms with Crippen molar-refractivity contribution in [1.82, 2.24) is 0 Å². The zero-order valence-electron chi connectivity index (χ0n) is 14.4. The molecule has 2 bridgehead atoms. The van der Waals surface area contributed by atoms with Gasteiger partial charge in [-0.05, 0) is 72.7 Å². The van der Waals surface area contributed by atoms with Crippen LogP contribution in [0.3, 0.4) is 0 Å². The van der Waals surface area contributed by atoms with Gasteiger partial charge in [0.15, 0.2) is 0 Å². The molecular formula is C20H30O3. The van der Waals surface area contributed by atoms with Crippen LogP contribution >= 0.6 is 0 Å². The normalized spacial score (nSPS) is 54.9. The van der Waals surface area contributed by atoms with E-state index in [2.05, 4.69) is 19.9 Å². The van der Waals surface area contributed by atoms with Gasteiger partial charge in [-0.3, -0.25) is 4.79 Å². The standard InChI is InChI=1S/C20H30O3/c1-18(12-22)6-3-7-19(2)15-5-4-13-9-20(15,10-14(13)11-21)17(23)8-16(18)19/h10-11,13,15-17,22-23H,3-9,12H2,1-2H3/t13?,15-,16+,17-,18+,19-,20-/m0/s1. The van der Waals surface area contributed by atoms with Gasteiger partial charge in [-0.1, -0.05) is 26.3 Å². The molecule has 0 aromatic heterocycles. The first kappa shape index (κ1) is 15.8. The Bertz CT molecular complexity index is 555. The Balaban J connectivity index is 1.80. The molecule has 3 saturated carbocycles. The number of aliphatic hydroxyl groups excluding tert-OH is 2. The third kappa shape index (κ3) is 1.87. The maximum Gasteiger partial charge on any atom is 0.146 e. The Kier molecular flexibility index (Phi) is 3.39. The van der Waals surface area contributed by atoms with Crippen molar-refractivity contribution in [2.75, 3.05) is 6.61 Å². The van der Waals surface area contributed by atoms with E-state index in [0.29, 0.717) is 17.8 Å². The number of hydrogen-bond acceptors (Lipinski definition) is 3. The zero-order valence-corrected chi connectivity index (χ0v) is 14.4. The second-order valence-corrected chi connectivity index (χ2v) is 9.38. The molecule has 4 aliphatic rings. The fourth-order valence-corrected chi connectivity index (χ4v) is 7.34. The largest absolute Gasteiger partial charge is 0.396 e. The number of hydrogen-bond donors (Lipinski definition) is 2. The number of aldehydes is 1. The molecule has 1 spiro atoms. The molecule has 128 valence electrons. The van der Waals surface area contributed by atoms with Crippen LogP contribution in [-0.2, 0) is 4.79 Å². The molecule has 0 heterocycles. The summed E-state index contributed by atoms with van der Waals surface area (Å²) in [6.07, 6.45) is 10.2. The van der Waals surface area contributed by atoms with Gasteiger partial charge in [0.25, 0.3) is 0 Å². The van der Waals surface area contributed by atoms with Gasteiger partial charge in [0.2, 0.25) is 0 Å². The molecule has 4 aliphatic carbocycles. The first-order chi connectivity index (χ1) is 10.9. The molecule has 3 fully saturated rings. The minimum absolute atomic E-state index is 0.0672. The van der Waals surface area contributed by atoms with E-state index >= 15 is 0 Å². The highest BCUT2D eigenvalue weighted by Gasteiger charge is 2.65. The molecule has 2 N–H and O–H groups in total. The van der Waals surface area contributed by atoms with Gasteiger partial charge in [0.05, 0.1) is 6.10 Å². The van der Waals surface area contributed by atoms with Crippen molar-refractivity contribution in [2.45, 2.75) is 64.9 Å². The third-order valence-electron chi connectivity index (χ3n) is 8.43. The summed E-state index contributed by atoms with van der Waals surface area (Å²) in [4.78, 5) is 11.5. The van der Waals surface area contributed by atoms with Crippen molar-refractivity contribution < 1.29 is 15.0 Å². The lowest BCUT2D eigenvalue weighted by atomic mass is 9.40. The lowest BCUT2D eigenvalue weighted by molar-refractivity contribution is -0.193. The summed E-state index contributed by atoms with van der Waals surface area (Å²) in [7, 11) is 0. The smallest absolute Gasteiger partial charge is 0.146 e. The summed E-state index contributed by atoms with van der Waals surface area (Å²) in [6.45, 7) is 4.85. The Hall–Kier alpha value is -0.670. The van der Waals surface area contributed by atoms with Crippen LogP contribution < -0.4 is 0 Å². The highest BCUT2D eigenvalue weighted by Crippen LogP contribution is 2.70. The van der Waals surface area contributed by atoms with Gasteiger partial charge in [-0.2, -0.15) is 0 Å². The number of aliphatic hydroxyl groups is 2. The molecule has 0 radical (unpaired) electrons. The minimum atomic E-state index is -0.366. The van der Waals surface area contributed by atoms with Crippen LogP contribution in [0.5, 0.6) is 0 Å². The fraction of sp³-hybridized carbons (Fsp3) is 0.850. The molecule has 0 aromatic carbocycles. The van der Waals surface area contributed by atoms with Crippen molar-refractivity contribution in [1.29, 1.82) is 0 Å². The van der Waals surface area contributed by atoms with Crippen LogP contribution in [0, 0.1) is 34.0 Å². The first-order valence-electron chi connectivity index (χ1n) is 9.36. The molecule has 0 amide bonds. The van der Waals surface area contributed by atoms with Gasteiger partial charge in [0.1, 0.15) is 6.29 Å². The van der Waals surface area contributed by atoms with Crippen molar-refractivity contribution in [2.24, 2.45) is 34.0 Å². The number of fused-ring (bicyclic) bond motifs is 3. The predicted octanol–water partition coefficient (Wildman–Crippen LogP) is 3.10. The second kappa shape index (κ2) is 4.92. The highest BCUT2D eigenvalue weighted by atomic mass is 16.3. The SMILES string of the molecule is C[C@]1(CO)CCC[C@]2(C)[C@@H]1C[C@H](O)[C@@]13C=C(C=O)C(CC[C@@H]21)C3. The van der Waals surface area contributed by atoms with Crippen molar-refractivity contribution in [3.8, 4) is 0 Å². The Morgan fingerprint density at radius 2 is 2.04 bits per heavy atom. The van der Waals surface area contributed by atoms with Crippen molar-refractivity contribution in [3.63, 3.8) is 0 Å². The van der Waals surface area contributed by atoms with E-state index in [1.165, 1.54) is 12.8 Å². The molecular weight excluding hydrogens is 288 g/mol. The average molecular weight is 318 g/mol. The molecule has 0 saturated heterocycles. The molecule has 23 heavy (non-hydrogen) atoms. The van der Waals surface area contributed by atoms with E-state index in [-0.39, 0.29) is 29.0 Å². The van der Waals surface area contributed by atoms with E-state index in [9.17, 15) is 15.0 Å². The number of allylic oxidation sites excluding steroid dienone is 1. The molecule has 4 rings (SSSR count). The van der Waals surface area contributed by atoms with E-state index < -0.39 is 0 Å². The molecule has 0 aromatic rings. The van der Waals surface area contributed by atoms with E-state index in [1.54, 1.807) is 0 Å². The van der Waals surface area contributed by atoms with Crippen molar-refractivity contribution in [3.05, 3.63) is 11.6 Å². The summed E-state index contributed by atoms with van der Waals surface area (Å²) < 4.78 is 0. The average Bonchev–Trinajstić information content (AvgIpc) is 2.82. The van der Waals surface area contributed by atoms with Crippen LogP contribution in [0.2, 0.25) is 0 Å². The molecule has 3 nitrogen and oxygen atoms in total. The van der Waals surface area contributed by atoms with Gasteiger partial charge in [0, 0.05) is 12.0 Å². The predicted molar refractivity (Wildman–Crippen MR) is 88.7 cm³/mol. The fourth-order valence-electron chi connectivity index (χ4n) is 7.34. The molecule has 7 atom stereocenters. The summed E-state index contributed by atoms with van der Waals surface area (Å²) in [5.74, 6) is 1.19. The third-order valence-corrected chi connectivity index (χ3v) is 8.43. The lowest BCUT2D eigenvalue weighted by Crippen LogP contribution is -2.61. The number of rotatable bonds is 2. The Labute approximate surface area is 139 Å². The topological polar surface area (TPSA) is 57.5 Å². The minimum Gasteiger partial charge on any atom is -0.396 e. The van der Waals surface area contributed by atoms with Gasteiger partial charge < -0.3 is 10.2 Å². The van der Waals surface area contributed by atoms with E-state index in [0.717, 1.165) is 44.0 Å². The maximum atomic E-state index is 11.5. The number of carbonyl (C=O) groups excluding carboxylic acids is 1. The summed E-state index contributed by atoms with van der Waals surface area (Å²) >= 11 is 0. The molecule has 0 aliphatic heterocycles. The quantitative estimate of drug-likeness (QED) is 0.769.